The highest BCUT2D eigenvalue weighted by Gasteiger charge is 2.35. The van der Waals surface area contributed by atoms with E-state index in [-0.39, 0.29) is 18.1 Å². The van der Waals surface area contributed by atoms with Gasteiger partial charge in [-0.3, -0.25) is 4.79 Å². The molecule has 0 radical (unpaired) electrons. The fourth-order valence-corrected chi connectivity index (χ4v) is 1.98. The second-order valence-electron chi connectivity index (χ2n) is 3.94. The zero-order valence-corrected chi connectivity index (χ0v) is 8.10. The monoisotopic (exact) mass is 187 g/mol. The van der Waals surface area contributed by atoms with Crippen molar-refractivity contribution in [2.24, 2.45) is 5.92 Å². The molecule has 4 heteroatoms. The lowest BCUT2D eigenvalue weighted by molar-refractivity contribution is -0.146. The molecule has 0 amide bonds. The molecular formula is C9H17NO3. The van der Waals surface area contributed by atoms with Gasteiger partial charge in [-0.25, -0.2) is 0 Å². The molecule has 0 bridgehead atoms. The van der Waals surface area contributed by atoms with Crippen LogP contribution < -0.4 is 0 Å². The summed E-state index contributed by atoms with van der Waals surface area (Å²) in [6.07, 6.45) is 1.44. The molecule has 4 nitrogen and oxygen atoms in total. The van der Waals surface area contributed by atoms with E-state index in [9.17, 15) is 9.90 Å². The number of carboxylic acids is 1. The van der Waals surface area contributed by atoms with E-state index in [0.717, 1.165) is 0 Å². The van der Waals surface area contributed by atoms with Crippen molar-refractivity contribution in [2.75, 3.05) is 14.1 Å². The first-order valence-electron chi connectivity index (χ1n) is 4.59. The Hall–Kier alpha value is -0.610. The van der Waals surface area contributed by atoms with Gasteiger partial charge in [0.2, 0.25) is 0 Å². The molecule has 0 aromatic rings. The lowest BCUT2D eigenvalue weighted by atomic mass is 9.82. The Bertz CT molecular complexity index is 193. The normalized spacial score (nSPS) is 34.9. The number of carbonyl (C=O) groups is 1. The average molecular weight is 187 g/mol. The number of aliphatic hydroxyl groups is 1. The highest BCUT2D eigenvalue weighted by atomic mass is 16.4. The molecule has 76 valence electrons. The molecule has 13 heavy (non-hydrogen) atoms. The Morgan fingerprint density at radius 1 is 1.38 bits per heavy atom. The topological polar surface area (TPSA) is 60.8 Å². The van der Waals surface area contributed by atoms with Crippen molar-refractivity contribution in [2.45, 2.75) is 31.4 Å². The highest BCUT2D eigenvalue weighted by molar-refractivity contribution is 5.71. The Kier molecular flexibility index (Phi) is 3.27. The Labute approximate surface area is 78.2 Å². The Morgan fingerprint density at radius 3 is 2.46 bits per heavy atom. The van der Waals surface area contributed by atoms with Crippen molar-refractivity contribution >= 4 is 5.97 Å². The molecule has 0 aromatic carbocycles. The number of hydrogen-bond acceptors (Lipinski definition) is 3. The first-order chi connectivity index (χ1) is 6.02. The molecular weight excluding hydrogens is 170 g/mol. The van der Waals surface area contributed by atoms with Crippen molar-refractivity contribution in [3.05, 3.63) is 0 Å². The first-order valence-corrected chi connectivity index (χ1v) is 4.59. The minimum absolute atomic E-state index is 0.0266. The number of carboxylic acid groups (broad SMARTS) is 1. The second kappa shape index (κ2) is 4.07. The molecule has 0 saturated heterocycles. The van der Waals surface area contributed by atoms with Crippen LogP contribution in [0.2, 0.25) is 0 Å². The van der Waals surface area contributed by atoms with Crippen molar-refractivity contribution in [3.8, 4) is 0 Å². The minimum atomic E-state index is -0.745. The van der Waals surface area contributed by atoms with Gasteiger partial charge in [0.15, 0.2) is 0 Å². The van der Waals surface area contributed by atoms with Gasteiger partial charge >= 0.3 is 5.97 Å². The van der Waals surface area contributed by atoms with Crippen LogP contribution in [0.1, 0.15) is 19.3 Å². The smallest absolute Gasteiger partial charge is 0.308 e. The van der Waals surface area contributed by atoms with Gasteiger partial charge in [0, 0.05) is 6.04 Å². The molecule has 0 heterocycles. The molecule has 2 N–H and O–H groups in total. The maximum atomic E-state index is 10.9. The number of nitrogens with zero attached hydrogens (tertiary/aromatic N) is 1. The summed E-state index contributed by atoms with van der Waals surface area (Å²) in [6.45, 7) is 0. The average Bonchev–Trinajstić information content (AvgIpc) is 2.03. The quantitative estimate of drug-likeness (QED) is 0.646. The standard InChI is InChI=1S/C9H17NO3/c1-10(2)8-5-6(11)3-4-7(8)9(12)13/h6-8,11H,3-5H2,1-2H3,(H,12,13)/t6-,7-,8-/m0/s1. The third-order valence-corrected chi connectivity index (χ3v) is 2.77. The molecule has 3 atom stereocenters. The van der Waals surface area contributed by atoms with Crippen LogP contribution in [0.4, 0.5) is 0 Å². The van der Waals surface area contributed by atoms with E-state index in [0.29, 0.717) is 19.3 Å². The summed E-state index contributed by atoms with van der Waals surface area (Å²) in [5.41, 5.74) is 0. The van der Waals surface area contributed by atoms with Crippen LogP contribution in [0.15, 0.2) is 0 Å². The SMILES string of the molecule is CN(C)[C@H]1C[C@@H](O)CC[C@@H]1C(=O)O. The van der Waals surface area contributed by atoms with Crippen LogP contribution in [-0.2, 0) is 4.79 Å². The third-order valence-electron chi connectivity index (χ3n) is 2.77. The lowest BCUT2D eigenvalue weighted by Crippen LogP contribution is -2.45. The van der Waals surface area contributed by atoms with Crippen LogP contribution >= 0.6 is 0 Å². The van der Waals surface area contributed by atoms with Crippen LogP contribution in [0.3, 0.4) is 0 Å². The van der Waals surface area contributed by atoms with E-state index in [2.05, 4.69) is 0 Å². The van der Waals surface area contributed by atoms with E-state index in [4.69, 9.17) is 5.11 Å². The summed E-state index contributed by atoms with van der Waals surface area (Å²) < 4.78 is 0. The van der Waals surface area contributed by atoms with Crippen molar-refractivity contribution in [3.63, 3.8) is 0 Å². The highest BCUT2D eigenvalue weighted by Crippen LogP contribution is 2.27. The van der Waals surface area contributed by atoms with Gasteiger partial charge in [-0.1, -0.05) is 0 Å². The van der Waals surface area contributed by atoms with E-state index in [1.807, 2.05) is 19.0 Å². The summed E-state index contributed by atoms with van der Waals surface area (Å²) in [5, 5.41) is 18.3. The molecule has 0 aliphatic heterocycles. The predicted octanol–water partition coefficient (Wildman–Crippen LogP) is 0.162. The van der Waals surface area contributed by atoms with E-state index in [1.54, 1.807) is 0 Å². The molecule has 1 aliphatic carbocycles. The largest absolute Gasteiger partial charge is 0.481 e. The summed E-state index contributed by atoms with van der Waals surface area (Å²) in [4.78, 5) is 12.8. The van der Waals surface area contributed by atoms with Crippen LogP contribution in [-0.4, -0.2) is 47.3 Å². The maximum absolute atomic E-state index is 10.9. The Morgan fingerprint density at radius 2 is 2.00 bits per heavy atom. The summed E-state index contributed by atoms with van der Waals surface area (Å²) in [7, 11) is 3.72. The molecule has 0 unspecified atom stereocenters. The third kappa shape index (κ3) is 2.42. The van der Waals surface area contributed by atoms with Crippen molar-refractivity contribution in [1.82, 2.24) is 4.90 Å². The zero-order valence-electron chi connectivity index (χ0n) is 8.10. The maximum Gasteiger partial charge on any atom is 0.308 e. The van der Waals surface area contributed by atoms with E-state index in [1.165, 1.54) is 0 Å². The van der Waals surface area contributed by atoms with Gasteiger partial charge in [0.05, 0.1) is 12.0 Å². The fraction of sp³-hybridized carbons (Fsp3) is 0.889. The van der Waals surface area contributed by atoms with Gasteiger partial charge in [-0.2, -0.15) is 0 Å². The summed E-state index contributed by atoms with van der Waals surface area (Å²) in [5.74, 6) is -1.07. The molecule has 0 spiro atoms. The Balaban J connectivity index is 2.66. The number of rotatable bonds is 2. The van der Waals surface area contributed by atoms with E-state index < -0.39 is 5.97 Å². The van der Waals surface area contributed by atoms with Gasteiger partial charge in [0.1, 0.15) is 0 Å². The molecule has 1 aliphatic rings. The van der Waals surface area contributed by atoms with Crippen LogP contribution in [0, 0.1) is 5.92 Å². The fourth-order valence-electron chi connectivity index (χ4n) is 1.98. The molecule has 1 rings (SSSR count). The number of aliphatic hydroxyl groups excluding tert-OH is 1. The number of aliphatic carboxylic acids is 1. The minimum Gasteiger partial charge on any atom is -0.481 e. The summed E-state index contributed by atoms with van der Waals surface area (Å²) >= 11 is 0. The number of hydrogen-bond donors (Lipinski definition) is 2. The first kappa shape index (κ1) is 10.5. The van der Waals surface area contributed by atoms with Crippen LogP contribution in [0.5, 0.6) is 0 Å². The molecule has 0 aromatic heterocycles. The lowest BCUT2D eigenvalue weighted by Gasteiger charge is -2.35. The molecule has 1 saturated carbocycles. The summed E-state index contributed by atoms with van der Waals surface area (Å²) in [6, 6.07) is -0.0266. The van der Waals surface area contributed by atoms with Gasteiger partial charge < -0.3 is 15.1 Å². The van der Waals surface area contributed by atoms with Crippen molar-refractivity contribution < 1.29 is 15.0 Å². The van der Waals surface area contributed by atoms with Crippen LogP contribution in [0.25, 0.3) is 0 Å². The van der Waals surface area contributed by atoms with Gasteiger partial charge in [-0.05, 0) is 33.4 Å². The van der Waals surface area contributed by atoms with Crippen molar-refractivity contribution in [1.29, 1.82) is 0 Å². The van der Waals surface area contributed by atoms with E-state index >= 15 is 0 Å². The van der Waals surface area contributed by atoms with Gasteiger partial charge in [0.25, 0.3) is 0 Å². The second-order valence-corrected chi connectivity index (χ2v) is 3.94. The predicted molar refractivity (Wildman–Crippen MR) is 48.5 cm³/mol. The zero-order chi connectivity index (χ0) is 10.0. The van der Waals surface area contributed by atoms with Gasteiger partial charge in [-0.15, -0.1) is 0 Å². The molecule has 1 fully saturated rings.